The van der Waals surface area contributed by atoms with E-state index < -0.39 is 18.5 Å². The fourth-order valence-corrected chi connectivity index (χ4v) is 1.65. The number of rotatable bonds is 4. The summed E-state index contributed by atoms with van der Waals surface area (Å²) in [5.41, 5.74) is 2.17. The molecule has 1 rings (SSSR count). The van der Waals surface area contributed by atoms with E-state index in [9.17, 15) is 9.59 Å². The topological polar surface area (TPSA) is 75.6 Å². The summed E-state index contributed by atoms with van der Waals surface area (Å²) < 4.78 is 0.737. The number of hydroxylamine groups is 1. The Kier molecular flexibility index (Phi) is 4.72. The second-order valence-corrected chi connectivity index (χ2v) is 4.06. The number of aliphatic carboxylic acids is 1. The molecule has 0 unspecified atom stereocenters. The number of hydrogen-bond acceptors (Lipinski definition) is 3. The quantitative estimate of drug-likeness (QED) is 0.832. The predicted molar refractivity (Wildman–Crippen MR) is 60.2 cm³/mol. The Morgan fingerprint density at radius 1 is 1.50 bits per heavy atom. The van der Waals surface area contributed by atoms with Crippen molar-refractivity contribution in [2.24, 2.45) is 0 Å². The van der Waals surface area contributed by atoms with Gasteiger partial charge in [0.05, 0.1) is 10.6 Å². The van der Waals surface area contributed by atoms with Gasteiger partial charge in [-0.05, 0) is 18.2 Å². The molecular weight excluding hydrogens is 301 g/mol. The summed E-state index contributed by atoms with van der Waals surface area (Å²) in [7, 11) is 0. The average molecular weight is 309 g/mol. The second kappa shape index (κ2) is 5.83. The lowest BCUT2D eigenvalue weighted by atomic mass is 10.2. The Hall–Kier alpha value is -1.11. The second-order valence-electron chi connectivity index (χ2n) is 2.74. The van der Waals surface area contributed by atoms with Gasteiger partial charge in [0.1, 0.15) is 0 Å². The summed E-state index contributed by atoms with van der Waals surface area (Å²) in [4.78, 5) is 26.0. The van der Waals surface area contributed by atoms with Crippen LogP contribution < -0.4 is 5.48 Å². The van der Waals surface area contributed by atoms with Crippen molar-refractivity contribution in [3.8, 4) is 0 Å². The Balaban J connectivity index is 2.63. The van der Waals surface area contributed by atoms with Crippen LogP contribution in [0, 0.1) is 0 Å². The minimum absolute atomic E-state index is 0.204. The van der Waals surface area contributed by atoms with Crippen LogP contribution in [0.5, 0.6) is 0 Å². The smallest absolute Gasteiger partial charge is 0.332 e. The molecule has 0 bridgehead atoms. The molecule has 0 aliphatic carbocycles. The van der Waals surface area contributed by atoms with Gasteiger partial charge >= 0.3 is 5.97 Å². The fraction of sp³-hybridized carbons (Fsp3) is 0.111. The summed E-state index contributed by atoms with van der Waals surface area (Å²) in [5, 5.41) is 8.52. The van der Waals surface area contributed by atoms with Crippen molar-refractivity contribution >= 4 is 39.4 Å². The largest absolute Gasteiger partial charge is 0.479 e. The number of nitrogens with one attached hydrogen (secondary N) is 1. The Bertz CT molecular complexity index is 424. The molecule has 0 atom stereocenters. The summed E-state index contributed by atoms with van der Waals surface area (Å²) in [6.45, 7) is -0.611. The zero-order chi connectivity index (χ0) is 12.1. The van der Waals surface area contributed by atoms with E-state index in [0.29, 0.717) is 0 Å². The van der Waals surface area contributed by atoms with Gasteiger partial charge in [0.25, 0.3) is 5.91 Å². The van der Waals surface area contributed by atoms with Gasteiger partial charge in [-0.1, -0.05) is 27.5 Å². The Labute approximate surface area is 104 Å². The fourth-order valence-electron chi connectivity index (χ4n) is 0.892. The molecule has 0 aromatic heterocycles. The lowest BCUT2D eigenvalue weighted by molar-refractivity contribution is -0.144. The SMILES string of the molecule is O=C(O)CONC(=O)c1ccc(Br)cc1Cl. The Morgan fingerprint density at radius 2 is 2.19 bits per heavy atom. The first-order valence-electron chi connectivity index (χ1n) is 4.09. The van der Waals surface area contributed by atoms with E-state index in [2.05, 4.69) is 20.8 Å². The van der Waals surface area contributed by atoms with E-state index in [1.165, 1.54) is 6.07 Å². The normalized spacial score (nSPS) is 9.88. The number of carboxylic acids is 1. The minimum atomic E-state index is -1.18. The molecule has 0 radical (unpaired) electrons. The molecule has 0 saturated carbocycles. The standard InChI is InChI=1S/C9H7BrClNO4/c10-5-1-2-6(7(11)3-5)9(15)12-16-4-8(13)14/h1-3H,4H2,(H,12,15)(H,13,14). The lowest BCUT2D eigenvalue weighted by Gasteiger charge is -2.05. The molecule has 2 N–H and O–H groups in total. The first-order chi connectivity index (χ1) is 7.50. The molecule has 86 valence electrons. The van der Waals surface area contributed by atoms with Crippen LogP contribution in [0.3, 0.4) is 0 Å². The molecule has 7 heteroatoms. The van der Waals surface area contributed by atoms with E-state index in [-0.39, 0.29) is 10.6 Å². The van der Waals surface area contributed by atoms with Crippen molar-refractivity contribution < 1.29 is 19.5 Å². The summed E-state index contributed by atoms with van der Waals surface area (Å²) in [5.74, 6) is -1.78. The van der Waals surface area contributed by atoms with E-state index >= 15 is 0 Å². The molecule has 0 heterocycles. The van der Waals surface area contributed by atoms with Crippen molar-refractivity contribution in [2.45, 2.75) is 0 Å². The highest BCUT2D eigenvalue weighted by molar-refractivity contribution is 9.10. The maximum absolute atomic E-state index is 11.4. The van der Waals surface area contributed by atoms with Crippen molar-refractivity contribution in [2.75, 3.05) is 6.61 Å². The van der Waals surface area contributed by atoms with E-state index in [1.807, 2.05) is 5.48 Å². The van der Waals surface area contributed by atoms with E-state index in [4.69, 9.17) is 16.7 Å². The minimum Gasteiger partial charge on any atom is -0.479 e. The van der Waals surface area contributed by atoms with Crippen LogP contribution in [0.25, 0.3) is 0 Å². The third-order valence-corrected chi connectivity index (χ3v) is 2.34. The molecule has 1 aromatic rings. The molecule has 5 nitrogen and oxygen atoms in total. The number of benzene rings is 1. The van der Waals surface area contributed by atoms with Gasteiger partial charge in [-0.25, -0.2) is 10.3 Å². The van der Waals surface area contributed by atoms with Gasteiger partial charge in [0.15, 0.2) is 6.61 Å². The molecule has 0 fully saturated rings. The summed E-state index contributed by atoms with van der Waals surface area (Å²) in [6, 6.07) is 4.68. The summed E-state index contributed by atoms with van der Waals surface area (Å²) >= 11 is 9.00. The van der Waals surface area contributed by atoms with E-state index in [0.717, 1.165) is 4.47 Å². The lowest BCUT2D eigenvalue weighted by Crippen LogP contribution is -2.26. The Morgan fingerprint density at radius 3 is 2.75 bits per heavy atom. The highest BCUT2D eigenvalue weighted by Gasteiger charge is 2.10. The molecule has 0 aliphatic heterocycles. The predicted octanol–water partition coefficient (Wildman–Crippen LogP) is 1.85. The maximum Gasteiger partial charge on any atom is 0.332 e. The van der Waals surface area contributed by atoms with Crippen LogP contribution in [-0.4, -0.2) is 23.6 Å². The van der Waals surface area contributed by atoms with Gasteiger partial charge in [-0.3, -0.25) is 9.63 Å². The van der Waals surface area contributed by atoms with Crippen molar-refractivity contribution in [3.05, 3.63) is 33.3 Å². The average Bonchev–Trinajstić information content (AvgIpc) is 2.16. The molecular formula is C9H7BrClNO4. The molecule has 0 aliphatic rings. The van der Waals surface area contributed by atoms with Crippen LogP contribution in [0.4, 0.5) is 0 Å². The number of carboxylic acid groups (broad SMARTS) is 1. The number of halogens is 2. The number of carbonyl (C=O) groups excluding carboxylic acids is 1. The number of carbonyl (C=O) groups is 2. The monoisotopic (exact) mass is 307 g/mol. The maximum atomic E-state index is 11.4. The zero-order valence-corrected chi connectivity index (χ0v) is 10.2. The number of hydrogen-bond donors (Lipinski definition) is 2. The number of amides is 1. The van der Waals surface area contributed by atoms with Crippen LogP contribution in [0.2, 0.25) is 5.02 Å². The molecule has 0 saturated heterocycles. The molecule has 1 aromatic carbocycles. The van der Waals surface area contributed by atoms with E-state index in [1.54, 1.807) is 12.1 Å². The first-order valence-corrected chi connectivity index (χ1v) is 5.27. The molecule has 0 spiro atoms. The third kappa shape index (κ3) is 3.80. The molecule has 16 heavy (non-hydrogen) atoms. The summed E-state index contributed by atoms with van der Waals surface area (Å²) in [6.07, 6.45) is 0. The van der Waals surface area contributed by atoms with Crippen molar-refractivity contribution in [1.29, 1.82) is 0 Å². The van der Waals surface area contributed by atoms with Gasteiger partial charge < -0.3 is 5.11 Å². The van der Waals surface area contributed by atoms with Crippen LogP contribution in [-0.2, 0) is 9.63 Å². The van der Waals surface area contributed by atoms with Gasteiger partial charge in [0.2, 0.25) is 0 Å². The van der Waals surface area contributed by atoms with Gasteiger partial charge in [0, 0.05) is 4.47 Å². The highest BCUT2D eigenvalue weighted by atomic mass is 79.9. The van der Waals surface area contributed by atoms with Crippen LogP contribution in [0.1, 0.15) is 10.4 Å². The first kappa shape index (κ1) is 13.0. The van der Waals surface area contributed by atoms with Gasteiger partial charge in [-0.15, -0.1) is 0 Å². The van der Waals surface area contributed by atoms with Crippen LogP contribution >= 0.6 is 27.5 Å². The van der Waals surface area contributed by atoms with Crippen LogP contribution in [0.15, 0.2) is 22.7 Å². The van der Waals surface area contributed by atoms with Crippen molar-refractivity contribution in [1.82, 2.24) is 5.48 Å². The van der Waals surface area contributed by atoms with Gasteiger partial charge in [-0.2, -0.15) is 0 Å². The molecule has 1 amide bonds. The highest BCUT2D eigenvalue weighted by Crippen LogP contribution is 2.21. The zero-order valence-electron chi connectivity index (χ0n) is 7.87. The third-order valence-electron chi connectivity index (χ3n) is 1.54. The van der Waals surface area contributed by atoms with Crippen molar-refractivity contribution in [3.63, 3.8) is 0 Å².